The van der Waals surface area contributed by atoms with E-state index in [9.17, 15) is 4.79 Å². The molecule has 0 unspecified atom stereocenters. The van der Waals surface area contributed by atoms with Gasteiger partial charge in [0.2, 0.25) is 0 Å². The number of carbonyl (C=O) groups is 1. The first-order chi connectivity index (χ1) is 14.3. The first-order valence-corrected chi connectivity index (χ1v) is 9.43. The van der Waals surface area contributed by atoms with Crippen molar-refractivity contribution in [1.29, 1.82) is 0 Å². The maximum atomic E-state index is 13.1. The fraction of sp³-hybridized carbons (Fsp3) is 0. The number of para-hydroxylation sites is 5. The molecule has 1 amide bonds. The summed E-state index contributed by atoms with van der Waals surface area (Å²) < 4.78 is 0. The van der Waals surface area contributed by atoms with Gasteiger partial charge >= 0.3 is 0 Å². The van der Waals surface area contributed by atoms with E-state index in [0.29, 0.717) is 5.56 Å². The maximum Gasteiger partial charge on any atom is 0.257 e. The van der Waals surface area contributed by atoms with Crippen LogP contribution in [-0.2, 0) is 0 Å². The Hall–Kier alpha value is -4.05. The Bertz CT molecular complexity index is 1100. The third kappa shape index (κ3) is 4.62. The zero-order valence-electron chi connectivity index (χ0n) is 15.8. The van der Waals surface area contributed by atoms with Crippen LogP contribution in [0.25, 0.3) is 0 Å². The lowest BCUT2D eigenvalue weighted by molar-refractivity contribution is 0.102. The fourth-order valence-corrected chi connectivity index (χ4v) is 3.03. The highest BCUT2D eigenvalue weighted by molar-refractivity contribution is 6.09. The van der Waals surface area contributed by atoms with E-state index in [1.165, 1.54) is 0 Å². The second-order valence-corrected chi connectivity index (χ2v) is 6.53. The summed E-state index contributed by atoms with van der Waals surface area (Å²) >= 11 is 0. The summed E-state index contributed by atoms with van der Waals surface area (Å²) in [6.07, 6.45) is 0. The van der Waals surface area contributed by atoms with Crippen molar-refractivity contribution in [2.24, 2.45) is 0 Å². The number of carbonyl (C=O) groups excluding carboxylic acids is 1. The van der Waals surface area contributed by atoms with Crippen LogP contribution >= 0.6 is 0 Å². The van der Waals surface area contributed by atoms with Crippen LogP contribution in [0.3, 0.4) is 0 Å². The molecule has 0 bridgehead atoms. The van der Waals surface area contributed by atoms with Crippen LogP contribution in [0.2, 0.25) is 0 Å². The first-order valence-electron chi connectivity index (χ1n) is 9.43. The molecular weight excluding hydrogens is 358 g/mol. The third-order valence-corrected chi connectivity index (χ3v) is 4.45. The van der Waals surface area contributed by atoms with E-state index >= 15 is 0 Å². The molecule has 0 heterocycles. The number of hydrogen-bond donors (Lipinski definition) is 3. The topological polar surface area (TPSA) is 53.2 Å². The van der Waals surface area contributed by atoms with Crippen molar-refractivity contribution >= 4 is 34.3 Å². The highest BCUT2D eigenvalue weighted by Crippen LogP contribution is 2.27. The predicted molar refractivity (Wildman–Crippen MR) is 120 cm³/mol. The minimum atomic E-state index is -0.175. The fourth-order valence-electron chi connectivity index (χ4n) is 3.03. The van der Waals surface area contributed by atoms with Crippen LogP contribution in [0, 0.1) is 0 Å². The molecule has 0 saturated heterocycles. The standard InChI is InChI=1S/C25H21N3O/c29-25(21-15-7-8-16-22(21)26-19-11-3-1-4-12-19)28-24-18-10-9-17-23(24)27-20-13-5-2-6-14-20/h1-18,26-27H,(H,28,29). The molecule has 0 aliphatic heterocycles. The molecule has 3 N–H and O–H groups in total. The van der Waals surface area contributed by atoms with Crippen molar-refractivity contribution in [3.63, 3.8) is 0 Å². The second kappa shape index (κ2) is 8.76. The van der Waals surface area contributed by atoms with Gasteiger partial charge in [0.15, 0.2) is 0 Å². The maximum absolute atomic E-state index is 13.1. The SMILES string of the molecule is O=C(Nc1ccccc1Nc1ccccc1)c1ccccc1Nc1ccccc1. The van der Waals surface area contributed by atoms with Crippen molar-refractivity contribution in [2.45, 2.75) is 0 Å². The number of benzene rings is 4. The predicted octanol–water partition coefficient (Wildman–Crippen LogP) is 6.43. The zero-order valence-corrected chi connectivity index (χ0v) is 15.8. The quantitative estimate of drug-likeness (QED) is 0.362. The molecule has 0 fully saturated rings. The van der Waals surface area contributed by atoms with Crippen molar-refractivity contribution in [1.82, 2.24) is 0 Å². The van der Waals surface area contributed by atoms with Gasteiger partial charge in [-0.05, 0) is 48.5 Å². The molecule has 0 radical (unpaired) electrons. The molecule has 4 rings (SSSR count). The lowest BCUT2D eigenvalue weighted by Crippen LogP contribution is -2.14. The van der Waals surface area contributed by atoms with Gasteiger partial charge in [-0.2, -0.15) is 0 Å². The van der Waals surface area contributed by atoms with Crippen LogP contribution < -0.4 is 16.0 Å². The van der Waals surface area contributed by atoms with E-state index in [2.05, 4.69) is 16.0 Å². The van der Waals surface area contributed by atoms with Crippen molar-refractivity contribution < 1.29 is 4.79 Å². The molecule has 0 saturated carbocycles. The molecule has 0 aromatic heterocycles. The summed E-state index contributed by atoms with van der Waals surface area (Å²) in [4.78, 5) is 13.1. The molecule has 0 aliphatic rings. The molecule has 4 heteroatoms. The highest BCUT2D eigenvalue weighted by atomic mass is 16.1. The summed E-state index contributed by atoms with van der Waals surface area (Å²) in [5.41, 5.74) is 4.77. The van der Waals surface area contributed by atoms with E-state index in [0.717, 1.165) is 28.4 Å². The Morgan fingerprint density at radius 2 is 0.931 bits per heavy atom. The molecule has 4 nitrogen and oxygen atoms in total. The Morgan fingerprint density at radius 1 is 0.483 bits per heavy atom. The normalized spacial score (nSPS) is 10.2. The molecule has 4 aromatic rings. The smallest absolute Gasteiger partial charge is 0.257 e. The summed E-state index contributed by atoms with van der Waals surface area (Å²) in [6, 6.07) is 34.8. The lowest BCUT2D eigenvalue weighted by atomic mass is 10.1. The average molecular weight is 379 g/mol. The Balaban J connectivity index is 1.56. The summed E-state index contributed by atoms with van der Waals surface area (Å²) in [7, 11) is 0. The van der Waals surface area contributed by atoms with Gasteiger partial charge in [-0.1, -0.05) is 60.7 Å². The van der Waals surface area contributed by atoms with Crippen molar-refractivity contribution in [3.8, 4) is 0 Å². The van der Waals surface area contributed by atoms with Crippen LogP contribution in [-0.4, -0.2) is 5.91 Å². The van der Waals surface area contributed by atoms with Gasteiger partial charge in [0.05, 0.1) is 22.6 Å². The second-order valence-electron chi connectivity index (χ2n) is 6.53. The Morgan fingerprint density at radius 3 is 1.55 bits per heavy atom. The molecule has 29 heavy (non-hydrogen) atoms. The average Bonchev–Trinajstić information content (AvgIpc) is 2.77. The molecule has 142 valence electrons. The molecule has 4 aromatic carbocycles. The minimum Gasteiger partial charge on any atom is -0.355 e. The lowest BCUT2D eigenvalue weighted by Gasteiger charge is -2.15. The number of anilines is 5. The summed E-state index contributed by atoms with van der Waals surface area (Å²) in [5.74, 6) is -0.175. The van der Waals surface area contributed by atoms with Gasteiger partial charge in [-0.25, -0.2) is 0 Å². The molecule has 0 aliphatic carbocycles. The van der Waals surface area contributed by atoms with Gasteiger partial charge in [0.25, 0.3) is 5.91 Å². The first kappa shape index (κ1) is 18.3. The Kier molecular flexibility index (Phi) is 5.53. The van der Waals surface area contributed by atoms with Crippen LogP contribution in [0.15, 0.2) is 109 Å². The number of hydrogen-bond acceptors (Lipinski definition) is 3. The Labute approximate surface area is 170 Å². The highest BCUT2D eigenvalue weighted by Gasteiger charge is 2.13. The number of amides is 1. The van der Waals surface area contributed by atoms with Crippen molar-refractivity contribution in [3.05, 3.63) is 115 Å². The van der Waals surface area contributed by atoms with E-state index in [4.69, 9.17) is 0 Å². The number of nitrogens with one attached hydrogen (secondary N) is 3. The van der Waals surface area contributed by atoms with Crippen LogP contribution in [0.1, 0.15) is 10.4 Å². The largest absolute Gasteiger partial charge is 0.355 e. The van der Waals surface area contributed by atoms with E-state index < -0.39 is 0 Å². The van der Waals surface area contributed by atoms with Gasteiger partial charge in [-0.3, -0.25) is 4.79 Å². The molecular formula is C25H21N3O. The number of rotatable bonds is 6. The van der Waals surface area contributed by atoms with E-state index in [1.807, 2.05) is 109 Å². The van der Waals surface area contributed by atoms with E-state index in [-0.39, 0.29) is 5.91 Å². The van der Waals surface area contributed by atoms with Gasteiger partial charge < -0.3 is 16.0 Å². The molecule has 0 atom stereocenters. The van der Waals surface area contributed by atoms with Gasteiger partial charge in [0.1, 0.15) is 0 Å². The monoisotopic (exact) mass is 379 g/mol. The zero-order chi connectivity index (χ0) is 19.9. The minimum absolute atomic E-state index is 0.175. The molecule has 0 spiro atoms. The van der Waals surface area contributed by atoms with E-state index in [1.54, 1.807) is 0 Å². The third-order valence-electron chi connectivity index (χ3n) is 4.45. The van der Waals surface area contributed by atoms with Crippen molar-refractivity contribution in [2.75, 3.05) is 16.0 Å². The van der Waals surface area contributed by atoms with Gasteiger partial charge in [-0.15, -0.1) is 0 Å². The van der Waals surface area contributed by atoms with Crippen LogP contribution in [0.5, 0.6) is 0 Å². The van der Waals surface area contributed by atoms with Gasteiger partial charge in [0, 0.05) is 11.4 Å². The summed E-state index contributed by atoms with van der Waals surface area (Å²) in [6.45, 7) is 0. The van der Waals surface area contributed by atoms with Crippen LogP contribution in [0.4, 0.5) is 28.4 Å². The summed E-state index contributed by atoms with van der Waals surface area (Å²) in [5, 5.41) is 9.70.